The lowest BCUT2D eigenvalue weighted by molar-refractivity contribution is 0.230. The number of halogens is 1. The predicted molar refractivity (Wildman–Crippen MR) is 78.6 cm³/mol. The van der Waals surface area contributed by atoms with Gasteiger partial charge in [-0.15, -0.1) is 0 Å². The SMILES string of the molecule is CC(C)Oc1cc(N2CCC(C)C2CO)c(N)cc1F. The van der Waals surface area contributed by atoms with Gasteiger partial charge in [-0.3, -0.25) is 0 Å². The Morgan fingerprint density at radius 1 is 1.50 bits per heavy atom. The maximum absolute atomic E-state index is 13.9. The molecule has 0 aromatic heterocycles. The normalized spacial score (nSPS) is 22.6. The van der Waals surface area contributed by atoms with E-state index in [1.165, 1.54) is 6.07 Å². The van der Waals surface area contributed by atoms with E-state index in [1.54, 1.807) is 6.07 Å². The quantitative estimate of drug-likeness (QED) is 0.833. The molecule has 1 aliphatic heterocycles. The number of hydrogen-bond acceptors (Lipinski definition) is 4. The van der Waals surface area contributed by atoms with Crippen LogP contribution in [0.3, 0.4) is 0 Å². The Morgan fingerprint density at radius 2 is 2.20 bits per heavy atom. The molecular weight excluding hydrogens is 259 g/mol. The zero-order chi connectivity index (χ0) is 14.9. The molecule has 1 heterocycles. The van der Waals surface area contributed by atoms with Crippen LogP contribution in [0.1, 0.15) is 27.2 Å². The summed E-state index contributed by atoms with van der Waals surface area (Å²) in [5.41, 5.74) is 7.07. The standard InChI is InChI=1S/C15H23FN2O2/c1-9(2)20-15-7-13(12(17)6-11(15)16)18-5-4-10(3)14(18)8-19/h6-7,9-10,14,19H,4-5,8,17H2,1-3H3. The van der Waals surface area contributed by atoms with Gasteiger partial charge in [0.2, 0.25) is 0 Å². The molecule has 112 valence electrons. The maximum Gasteiger partial charge on any atom is 0.167 e. The first-order valence-electron chi connectivity index (χ1n) is 7.07. The third kappa shape index (κ3) is 2.82. The largest absolute Gasteiger partial charge is 0.488 e. The van der Waals surface area contributed by atoms with E-state index in [4.69, 9.17) is 10.5 Å². The number of ether oxygens (including phenoxy) is 1. The lowest BCUT2D eigenvalue weighted by atomic mass is 10.0. The van der Waals surface area contributed by atoms with E-state index < -0.39 is 5.82 Å². The number of aliphatic hydroxyl groups excluding tert-OH is 1. The van der Waals surface area contributed by atoms with Gasteiger partial charge in [0.15, 0.2) is 11.6 Å². The van der Waals surface area contributed by atoms with E-state index in [1.807, 2.05) is 18.7 Å². The number of aliphatic hydroxyl groups is 1. The van der Waals surface area contributed by atoms with Gasteiger partial charge < -0.3 is 20.5 Å². The van der Waals surface area contributed by atoms with Crippen molar-refractivity contribution in [1.82, 2.24) is 0 Å². The van der Waals surface area contributed by atoms with E-state index in [0.717, 1.165) is 18.7 Å². The molecule has 0 amide bonds. The molecule has 4 nitrogen and oxygen atoms in total. The average Bonchev–Trinajstić information content (AvgIpc) is 2.73. The molecule has 2 rings (SSSR count). The Bertz CT molecular complexity index is 479. The summed E-state index contributed by atoms with van der Waals surface area (Å²) in [6, 6.07) is 2.96. The summed E-state index contributed by atoms with van der Waals surface area (Å²) in [5, 5.41) is 9.54. The van der Waals surface area contributed by atoms with Crippen LogP contribution in [-0.2, 0) is 0 Å². The lowest BCUT2D eigenvalue weighted by Gasteiger charge is -2.29. The van der Waals surface area contributed by atoms with Crippen molar-refractivity contribution in [3.05, 3.63) is 17.9 Å². The zero-order valence-electron chi connectivity index (χ0n) is 12.3. The van der Waals surface area contributed by atoms with Crippen molar-refractivity contribution in [1.29, 1.82) is 0 Å². The highest BCUT2D eigenvalue weighted by atomic mass is 19.1. The highest BCUT2D eigenvalue weighted by Crippen LogP contribution is 2.37. The Labute approximate surface area is 119 Å². The minimum absolute atomic E-state index is 0.0228. The van der Waals surface area contributed by atoms with Crippen molar-refractivity contribution in [2.45, 2.75) is 39.3 Å². The topological polar surface area (TPSA) is 58.7 Å². The summed E-state index contributed by atoms with van der Waals surface area (Å²) < 4.78 is 19.3. The predicted octanol–water partition coefficient (Wildman–Crippen LogP) is 2.40. The molecule has 5 heteroatoms. The Kier molecular flexibility index (Phi) is 4.38. The minimum Gasteiger partial charge on any atom is -0.488 e. The van der Waals surface area contributed by atoms with Crippen molar-refractivity contribution in [3.8, 4) is 5.75 Å². The van der Waals surface area contributed by atoms with Gasteiger partial charge in [0.25, 0.3) is 0 Å². The second-order valence-electron chi connectivity index (χ2n) is 5.72. The summed E-state index contributed by atoms with van der Waals surface area (Å²) >= 11 is 0. The summed E-state index contributed by atoms with van der Waals surface area (Å²) in [4.78, 5) is 2.05. The van der Waals surface area contributed by atoms with Crippen molar-refractivity contribution in [2.24, 2.45) is 5.92 Å². The number of nitrogens with zero attached hydrogens (tertiary/aromatic N) is 1. The second-order valence-corrected chi connectivity index (χ2v) is 5.72. The number of anilines is 2. The van der Waals surface area contributed by atoms with Crippen LogP contribution in [-0.4, -0.2) is 30.4 Å². The molecule has 1 fully saturated rings. The van der Waals surface area contributed by atoms with Crippen LogP contribution in [0.4, 0.5) is 15.8 Å². The highest BCUT2D eigenvalue weighted by molar-refractivity contribution is 5.71. The van der Waals surface area contributed by atoms with Gasteiger partial charge in [-0.1, -0.05) is 6.92 Å². The fourth-order valence-electron chi connectivity index (χ4n) is 2.74. The molecular formula is C15H23FN2O2. The monoisotopic (exact) mass is 282 g/mol. The molecule has 3 N–H and O–H groups in total. The third-order valence-corrected chi connectivity index (χ3v) is 3.82. The van der Waals surface area contributed by atoms with E-state index in [9.17, 15) is 9.50 Å². The molecule has 0 aliphatic carbocycles. The van der Waals surface area contributed by atoms with Gasteiger partial charge in [0.1, 0.15) is 0 Å². The zero-order valence-corrected chi connectivity index (χ0v) is 12.3. The Hall–Kier alpha value is -1.49. The molecule has 1 aromatic rings. The number of rotatable bonds is 4. The molecule has 0 bridgehead atoms. The van der Waals surface area contributed by atoms with Gasteiger partial charge in [0.05, 0.1) is 30.1 Å². The first-order chi connectivity index (χ1) is 9.43. The average molecular weight is 282 g/mol. The molecule has 20 heavy (non-hydrogen) atoms. The number of benzene rings is 1. The fourth-order valence-corrected chi connectivity index (χ4v) is 2.74. The van der Waals surface area contributed by atoms with Crippen LogP contribution in [0.15, 0.2) is 12.1 Å². The molecule has 1 saturated heterocycles. The maximum atomic E-state index is 13.9. The van der Waals surface area contributed by atoms with Crippen LogP contribution in [0.2, 0.25) is 0 Å². The van der Waals surface area contributed by atoms with Crippen LogP contribution in [0.5, 0.6) is 5.75 Å². The van der Waals surface area contributed by atoms with E-state index in [2.05, 4.69) is 6.92 Å². The van der Waals surface area contributed by atoms with Crippen LogP contribution in [0.25, 0.3) is 0 Å². The van der Waals surface area contributed by atoms with Crippen molar-refractivity contribution in [2.75, 3.05) is 23.8 Å². The van der Waals surface area contributed by atoms with Crippen molar-refractivity contribution < 1.29 is 14.2 Å². The van der Waals surface area contributed by atoms with Gasteiger partial charge in [-0.25, -0.2) is 4.39 Å². The fraction of sp³-hybridized carbons (Fsp3) is 0.600. The highest BCUT2D eigenvalue weighted by Gasteiger charge is 2.32. The lowest BCUT2D eigenvalue weighted by Crippen LogP contribution is -2.35. The van der Waals surface area contributed by atoms with Gasteiger partial charge in [-0.05, 0) is 26.2 Å². The van der Waals surface area contributed by atoms with Gasteiger partial charge in [-0.2, -0.15) is 0 Å². The van der Waals surface area contributed by atoms with Crippen LogP contribution >= 0.6 is 0 Å². The molecule has 0 spiro atoms. The Morgan fingerprint density at radius 3 is 2.80 bits per heavy atom. The van der Waals surface area contributed by atoms with Crippen molar-refractivity contribution in [3.63, 3.8) is 0 Å². The van der Waals surface area contributed by atoms with Crippen molar-refractivity contribution >= 4 is 11.4 Å². The Balaban J connectivity index is 2.36. The molecule has 1 aliphatic rings. The molecule has 2 unspecified atom stereocenters. The molecule has 2 atom stereocenters. The number of nitrogens with two attached hydrogens (primary N) is 1. The summed E-state index contributed by atoms with van der Waals surface area (Å²) in [6.45, 7) is 6.68. The van der Waals surface area contributed by atoms with E-state index >= 15 is 0 Å². The van der Waals surface area contributed by atoms with E-state index in [-0.39, 0.29) is 24.5 Å². The van der Waals surface area contributed by atoms with Gasteiger partial charge >= 0.3 is 0 Å². The molecule has 1 aromatic carbocycles. The molecule has 0 radical (unpaired) electrons. The first-order valence-corrected chi connectivity index (χ1v) is 7.07. The number of hydrogen-bond donors (Lipinski definition) is 2. The van der Waals surface area contributed by atoms with Gasteiger partial charge in [0, 0.05) is 18.7 Å². The second kappa shape index (κ2) is 5.87. The van der Waals surface area contributed by atoms with E-state index in [0.29, 0.717) is 11.6 Å². The third-order valence-electron chi connectivity index (χ3n) is 3.82. The molecule has 0 saturated carbocycles. The summed E-state index contributed by atoms with van der Waals surface area (Å²) in [7, 11) is 0. The first kappa shape index (κ1) is 14.9. The smallest absolute Gasteiger partial charge is 0.167 e. The minimum atomic E-state index is -0.451. The summed E-state index contributed by atoms with van der Waals surface area (Å²) in [5.74, 6) is 0.145. The van der Waals surface area contributed by atoms with Crippen LogP contribution in [0, 0.1) is 11.7 Å². The summed E-state index contributed by atoms with van der Waals surface area (Å²) in [6.07, 6.45) is 0.884. The van der Waals surface area contributed by atoms with Crippen LogP contribution < -0.4 is 15.4 Å². The number of nitrogen functional groups attached to an aromatic ring is 1.